The maximum absolute atomic E-state index is 11.9. The molecule has 0 aliphatic carbocycles. The summed E-state index contributed by atoms with van der Waals surface area (Å²) in [6, 6.07) is 9.35. The van der Waals surface area contributed by atoms with E-state index in [0.717, 1.165) is 19.5 Å². The predicted octanol–water partition coefficient (Wildman–Crippen LogP) is 4.09. The van der Waals surface area contributed by atoms with Gasteiger partial charge in [-0.05, 0) is 41.3 Å². The minimum Gasteiger partial charge on any atom is -0.391 e. The van der Waals surface area contributed by atoms with Gasteiger partial charge in [0, 0.05) is 16.0 Å². The van der Waals surface area contributed by atoms with Gasteiger partial charge in [0.05, 0.1) is 15.7 Å². The second kappa shape index (κ2) is 6.35. The molecule has 0 spiro atoms. The number of benzene rings is 1. The predicted molar refractivity (Wildman–Crippen MR) is 92.6 cm³/mol. The highest BCUT2D eigenvalue weighted by Crippen LogP contribution is 2.37. The summed E-state index contributed by atoms with van der Waals surface area (Å²) in [5.74, 6) is 0. The van der Waals surface area contributed by atoms with E-state index in [1.807, 2.05) is 18.2 Å². The van der Waals surface area contributed by atoms with Crippen LogP contribution in [0.2, 0.25) is 0 Å². The van der Waals surface area contributed by atoms with Crippen LogP contribution in [0, 0.1) is 0 Å². The first kappa shape index (κ1) is 17.5. The van der Waals surface area contributed by atoms with E-state index < -0.39 is 9.84 Å². The molecule has 0 fully saturated rings. The Morgan fingerprint density at radius 2 is 1.86 bits per heavy atom. The van der Waals surface area contributed by atoms with Crippen LogP contribution in [-0.4, -0.2) is 19.8 Å². The Balaban J connectivity index is 2.46. The monoisotopic (exact) mass is 356 g/mol. The van der Waals surface area contributed by atoms with Gasteiger partial charge in [0.15, 0.2) is 9.84 Å². The van der Waals surface area contributed by atoms with Crippen molar-refractivity contribution in [2.24, 2.45) is 0 Å². The Morgan fingerprint density at radius 3 is 2.36 bits per heavy atom. The third-order valence-corrected chi connectivity index (χ3v) is 6.45. The van der Waals surface area contributed by atoms with E-state index in [-0.39, 0.29) is 12.0 Å². The van der Waals surface area contributed by atoms with Crippen LogP contribution >= 0.6 is 23.1 Å². The fourth-order valence-corrected chi connectivity index (χ4v) is 4.76. The average Bonchev–Trinajstić information content (AvgIpc) is 2.84. The maximum Gasteiger partial charge on any atom is 0.175 e. The highest BCUT2D eigenvalue weighted by molar-refractivity contribution is 8.01. The third-order valence-electron chi connectivity index (χ3n) is 3.19. The molecule has 0 bridgehead atoms. The van der Waals surface area contributed by atoms with Gasteiger partial charge >= 0.3 is 0 Å². The second-order valence-electron chi connectivity index (χ2n) is 6.20. The second-order valence-corrected chi connectivity index (χ2v) is 10.8. The Morgan fingerprint density at radius 1 is 1.18 bits per heavy atom. The van der Waals surface area contributed by atoms with Gasteiger partial charge in [-0.15, -0.1) is 11.3 Å². The largest absolute Gasteiger partial charge is 0.391 e. The van der Waals surface area contributed by atoms with Crippen molar-refractivity contribution in [3.05, 3.63) is 40.8 Å². The summed E-state index contributed by atoms with van der Waals surface area (Å²) < 4.78 is 24.9. The highest BCUT2D eigenvalue weighted by atomic mass is 32.2. The lowest BCUT2D eigenvalue weighted by molar-refractivity contribution is 0.285. The van der Waals surface area contributed by atoms with E-state index in [2.05, 4.69) is 20.8 Å². The van der Waals surface area contributed by atoms with Crippen LogP contribution in [0.15, 0.2) is 44.3 Å². The number of hydrogen-bond donors (Lipinski definition) is 1. The lowest BCUT2D eigenvalue weighted by atomic mass is 9.87. The smallest absolute Gasteiger partial charge is 0.175 e. The lowest BCUT2D eigenvalue weighted by Crippen LogP contribution is -2.12. The van der Waals surface area contributed by atoms with Gasteiger partial charge in [0.1, 0.15) is 0 Å². The van der Waals surface area contributed by atoms with Crippen molar-refractivity contribution >= 4 is 32.9 Å². The van der Waals surface area contributed by atoms with E-state index in [1.165, 1.54) is 29.4 Å². The van der Waals surface area contributed by atoms with Crippen molar-refractivity contribution in [3.8, 4) is 0 Å². The number of rotatable bonds is 4. The Hall–Kier alpha value is -0.820. The maximum atomic E-state index is 11.9. The number of aliphatic hydroxyl groups is 1. The van der Waals surface area contributed by atoms with Crippen LogP contribution in [0.5, 0.6) is 0 Å². The van der Waals surface area contributed by atoms with Gasteiger partial charge in [0.25, 0.3) is 0 Å². The van der Waals surface area contributed by atoms with E-state index in [1.54, 1.807) is 12.1 Å². The summed E-state index contributed by atoms with van der Waals surface area (Å²) >= 11 is 3.05. The molecule has 1 N–H and O–H groups in total. The van der Waals surface area contributed by atoms with Crippen molar-refractivity contribution in [2.45, 2.75) is 46.8 Å². The first-order chi connectivity index (χ1) is 10.1. The van der Waals surface area contributed by atoms with Crippen LogP contribution in [0.4, 0.5) is 0 Å². The molecule has 1 aromatic carbocycles. The van der Waals surface area contributed by atoms with Crippen LogP contribution in [0.3, 0.4) is 0 Å². The van der Waals surface area contributed by atoms with Crippen LogP contribution in [0.1, 0.15) is 31.2 Å². The fourth-order valence-electron chi connectivity index (χ4n) is 1.89. The van der Waals surface area contributed by atoms with Crippen molar-refractivity contribution < 1.29 is 13.5 Å². The topological polar surface area (TPSA) is 54.4 Å². The van der Waals surface area contributed by atoms with Gasteiger partial charge in [-0.2, -0.15) is 0 Å². The summed E-state index contributed by atoms with van der Waals surface area (Å²) in [5.41, 5.74) is 0.874. The molecule has 0 amide bonds. The average molecular weight is 357 g/mol. The summed E-state index contributed by atoms with van der Waals surface area (Å²) in [6.45, 7) is 6.23. The van der Waals surface area contributed by atoms with E-state index in [4.69, 9.17) is 5.11 Å². The molecule has 22 heavy (non-hydrogen) atoms. The van der Waals surface area contributed by atoms with Crippen molar-refractivity contribution in [3.63, 3.8) is 0 Å². The minimum atomic E-state index is -3.25. The minimum absolute atomic E-state index is 0.0296. The van der Waals surface area contributed by atoms with Gasteiger partial charge in [-0.1, -0.05) is 32.5 Å². The summed E-state index contributed by atoms with van der Waals surface area (Å²) in [6.07, 6.45) is 1.23. The molecule has 0 aliphatic rings. The molecular weight excluding hydrogens is 336 g/mol. The normalized spacial score (nSPS) is 12.6. The zero-order chi connectivity index (χ0) is 16.5. The summed E-state index contributed by atoms with van der Waals surface area (Å²) in [5, 5.41) is 9.14. The molecule has 0 saturated carbocycles. The number of hydrogen-bond acceptors (Lipinski definition) is 5. The molecule has 2 rings (SSSR count). The first-order valence-corrected chi connectivity index (χ1v) is 10.3. The van der Waals surface area contributed by atoms with Crippen molar-refractivity contribution in [1.29, 1.82) is 0 Å². The SMILES string of the molecule is CC(C)(C)c1cc(Sc2ccc(CO)s2)cc(S(C)(=O)=O)c1. The zero-order valence-corrected chi connectivity index (χ0v) is 15.5. The van der Waals surface area contributed by atoms with Crippen molar-refractivity contribution in [1.82, 2.24) is 0 Å². The Kier molecular flexibility index (Phi) is 5.06. The number of aliphatic hydroxyl groups excluding tert-OH is 1. The molecule has 3 nitrogen and oxygen atoms in total. The fraction of sp³-hybridized carbons (Fsp3) is 0.375. The molecular formula is C16H20O3S3. The van der Waals surface area contributed by atoms with E-state index in [9.17, 15) is 8.42 Å². The van der Waals surface area contributed by atoms with E-state index >= 15 is 0 Å². The van der Waals surface area contributed by atoms with Crippen LogP contribution < -0.4 is 0 Å². The quantitative estimate of drug-likeness (QED) is 0.896. The first-order valence-electron chi connectivity index (χ1n) is 6.82. The molecule has 1 aromatic heterocycles. The third kappa shape index (κ3) is 4.35. The van der Waals surface area contributed by atoms with Gasteiger partial charge in [0.2, 0.25) is 0 Å². The molecule has 0 unspecified atom stereocenters. The molecule has 120 valence electrons. The molecule has 0 aliphatic heterocycles. The molecule has 0 saturated heterocycles. The summed E-state index contributed by atoms with van der Waals surface area (Å²) in [7, 11) is -3.25. The standard InChI is InChI=1S/C16H20O3S3/c1-16(2,3)11-7-13(9-14(8-11)22(4,18)19)21-15-6-5-12(10-17)20-15/h5-9,17H,10H2,1-4H3. The number of thiophene rings is 1. The van der Waals surface area contributed by atoms with Crippen LogP contribution in [0.25, 0.3) is 0 Å². The zero-order valence-electron chi connectivity index (χ0n) is 13.1. The highest BCUT2D eigenvalue weighted by Gasteiger charge is 2.19. The van der Waals surface area contributed by atoms with Gasteiger partial charge in [-0.25, -0.2) is 8.42 Å². The van der Waals surface area contributed by atoms with Gasteiger partial charge < -0.3 is 5.11 Å². The van der Waals surface area contributed by atoms with Crippen LogP contribution in [-0.2, 0) is 21.9 Å². The molecule has 0 radical (unpaired) electrons. The van der Waals surface area contributed by atoms with Crippen molar-refractivity contribution in [2.75, 3.05) is 6.26 Å². The Bertz CT molecular complexity index is 768. The van der Waals surface area contributed by atoms with Gasteiger partial charge in [-0.3, -0.25) is 0 Å². The number of sulfone groups is 1. The molecule has 1 heterocycles. The molecule has 0 atom stereocenters. The lowest BCUT2D eigenvalue weighted by Gasteiger charge is -2.20. The molecule has 2 aromatic rings. The molecule has 6 heteroatoms. The van der Waals surface area contributed by atoms with E-state index in [0.29, 0.717) is 4.90 Å². The Labute approximate surface area is 140 Å². The summed E-state index contributed by atoms with van der Waals surface area (Å²) in [4.78, 5) is 2.15.